The zero-order valence-electron chi connectivity index (χ0n) is 15.1. The van der Waals surface area contributed by atoms with Crippen LogP contribution in [0.2, 0.25) is 0 Å². The highest BCUT2D eigenvalue weighted by Gasteiger charge is 2.34. The Kier molecular flexibility index (Phi) is 4.34. The molecule has 1 amide bonds. The highest BCUT2D eigenvalue weighted by molar-refractivity contribution is 7.10. The van der Waals surface area contributed by atoms with Gasteiger partial charge in [0, 0.05) is 29.9 Å². The van der Waals surface area contributed by atoms with Gasteiger partial charge < -0.3 is 14.2 Å². The van der Waals surface area contributed by atoms with E-state index in [1.807, 2.05) is 23.1 Å². The summed E-state index contributed by atoms with van der Waals surface area (Å²) < 4.78 is 8.24. The number of thiophene rings is 1. The Bertz CT molecular complexity index is 946. The van der Waals surface area contributed by atoms with Crippen LogP contribution < -0.4 is 0 Å². The predicted molar refractivity (Wildman–Crippen MR) is 106 cm³/mol. The Morgan fingerprint density at radius 1 is 1.11 bits per heavy atom. The van der Waals surface area contributed by atoms with Crippen LogP contribution in [-0.4, -0.2) is 28.5 Å². The molecule has 0 bridgehead atoms. The number of carbonyl (C=O) groups is 1. The number of fused-ring (bicyclic) bond motifs is 2. The maximum Gasteiger partial charge on any atom is 0.226 e. The monoisotopic (exact) mass is 378 g/mol. The number of hydrogen-bond donors (Lipinski definition) is 0. The lowest BCUT2D eigenvalue weighted by Crippen LogP contribution is -2.43. The van der Waals surface area contributed by atoms with E-state index in [1.165, 1.54) is 16.1 Å². The van der Waals surface area contributed by atoms with Crippen molar-refractivity contribution in [2.24, 2.45) is 0 Å². The number of rotatable bonds is 3. The third kappa shape index (κ3) is 3.01. The first kappa shape index (κ1) is 16.8. The summed E-state index contributed by atoms with van der Waals surface area (Å²) >= 11 is 1.71. The van der Waals surface area contributed by atoms with E-state index in [0.29, 0.717) is 13.0 Å². The summed E-state index contributed by atoms with van der Waals surface area (Å²) in [7, 11) is 0. The summed E-state index contributed by atoms with van der Waals surface area (Å²) in [6, 6.07) is 16.7. The van der Waals surface area contributed by atoms with Gasteiger partial charge in [-0.2, -0.15) is 0 Å². The standard InChI is InChI=1S/C22H22N2O2S/c25-20(15-19-22-17(8-13-26-19)9-14-27-22)24-12-11-23-10-4-7-18(23)21(24)16-5-2-1-3-6-16/h1-7,9-10,14,19,21H,8,11-13,15H2. The lowest BCUT2D eigenvalue weighted by Gasteiger charge is -2.38. The maximum atomic E-state index is 13.4. The van der Waals surface area contributed by atoms with E-state index in [-0.39, 0.29) is 18.1 Å². The second kappa shape index (κ2) is 6.98. The molecule has 5 rings (SSSR count). The largest absolute Gasteiger partial charge is 0.372 e. The van der Waals surface area contributed by atoms with Crippen molar-refractivity contribution in [3.63, 3.8) is 0 Å². The van der Waals surface area contributed by atoms with Gasteiger partial charge in [-0.3, -0.25) is 4.79 Å². The van der Waals surface area contributed by atoms with Crippen LogP contribution in [0.25, 0.3) is 0 Å². The smallest absolute Gasteiger partial charge is 0.226 e. The Hall–Kier alpha value is -2.37. The third-order valence-electron chi connectivity index (χ3n) is 5.60. The highest BCUT2D eigenvalue weighted by Crippen LogP contribution is 2.37. The molecule has 0 saturated carbocycles. The van der Waals surface area contributed by atoms with Gasteiger partial charge in [0.15, 0.2) is 0 Å². The van der Waals surface area contributed by atoms with Crippen molar-refractivity contribution in [2.75, 3.05) is 13.2 Å². The summed E-state index contributed by atoms with van der Waals surface area (Å²) in [6.07, 6.45) is 3.37. The van der Waals surface area contributed by atoms with Gasteiger partial charge >= 0.3 is 0 Å². The van der Waals surface area contributed by atoms with Crippen molar-refractivity contribution in [1.82, 2.24) is 9.47 Å². The zero-order chi connectivity index (χ0) is 18.2. The summed E-state index contributed by atoms with van der Waals surface area (Å²) in [4.78, 5) is 16.6. The topological polar surface area (TPSA) is 34.5 Å². The third-order valence-corrected chi connectivity index (χ3v) is 6.65. The van der Waals surface area contributed by atoms with Crippen LogP contribution in [0, 0.1) is 0 Å². The average Bonchev–Trinajstić information content (AvgIpc) is 3.37. The number of amides is 1. The van der Waals surface area contributed by atoms with Crippen molar-refractivity contribution in [2.45, 2.75) is 31.5 Å². The van der Waals surface area contributed by atoms with E-state index in [2.05, 4.69) is 46.5 Å². The molecule has 0 N–H and O–H groups in total. The van der Waals surface area contributed by atoms with Crippen LogP contribution in [0.1, 0.15) is 40.3 Å². The molecule has 2 aromatic heterocycles. The molecule has 2 aliphatic heterocycles. The number of ether oxygens (including phenoxy) is 1. The van der Waals surface area contributed by atoms with E-state index in [1.54, 1.807) is 11.3 Å². The lowest BCUT2D eigenvalue weighted by molar-refractivity contribution is -0.137. The van der Waals surface area contributed by atoms with Gasteiger partial charge in [0.25, 0.3) is 0 Å². The van der Waals surface area contributed by atoms with Gasteiger partial charge in [0.2, 0.25) is 5.91 Å². The summed E-state index contributed by atoms with van der Waals surface area (Å²) in [5.41, 5.74) is 3.69. The van der Waals surface area contributed by atoms with Gasteiger partial charge in [-0.1, -0.05) is 30.3 Å². The van der Waals surface area contributed by atoms with E-state index < -0.39 is 0 Å². The van der Waals surface area contributed by atoms with Crippen molar-refractivity contribution in [3.05, 3.63) is 81.8 Å². The molecular weight excluding hydrogens is 356 g/mol. The first-order valence-corrected chi connectivity index (χ1v) is 10.4. The SMILES string of the molecule is O=C(CC1OCCc2ccsc21)N1CCn2cccc2C1c1ccccc1. The van der Waals surface area contributed by atoms with Gasteiger partial charge in [0.1, 0.15) is 6.10 Å². The number of benzene rings is 1. The van der Waals surface area contributed by atoms with E-state index >= 15 is 0 Å². The molecule has 27 heavy (non-hydrogen) atoms. The highest BCUT2D eigenvalue weighted by atomic mass is 32.1. The quantitative estimate of drug-likeness (QED) is 0.685. The van der Waals surface area contributed by atoms with Crippen LogP contribution in [0.4, 0.5) is 0 Å². The van der Waals surface area contributed by atoms with E-state index in [4.69, 9.17) is 4.74 Å². The molecule has 0 spiro atoms. The van der Waals surface area contributed by atoms with Crippen LogP contribution >= 0.6 is 11.3 Å². The Morgan fingerprint density at radius 3 is 2.89 bits per heavy atom. The molecule has 0 radical (unpaired) electrons. The summed E-state index contributed by atoms with van der Waals surface area (Å²) in [5.74, 6) is 0.169. The number of aromatic nitrogens is 1. The zero-order valence-corrected chi connectivity index (χ0v) is 15.9. The van der Waals surface area contributed by atoms with Crippen LogP contribution in [0.3, 0.4) is 0 Å². The lowest BCUT2D eigenvalue weighted by atomic mass is 9.98. The minimum Gasteiger partial charge on any atom is -0.372 e. The van der Waals surface area contributed by atoms with Crippen molar-refractivity contribution in [1.29, 1.82) is 0 Å². The number of nitrogens with zero attached hydrogens (tertiary/aromatic N) is 2. The number of hydrogen-bond acceptors (Lipinski definition) is 3. The van der Waals surface area contributed by atoms with Gasteiger partial charge in [-0.05, 0) is 41.1 Å². The molecular formula is C22H22N2O2S. The molecule has 0 aliphatic carbocycles. The second-order valence-electron chi connectivity index (χ2n) is 7.15. The minimum absolute atomic E-state index is 0.0335. The fraction of sp³-hybridized carbons (Fsp3) is 0.318. The van der Waals surface area contributed by atoms with Crippen LogP contribution in [-0.2, 0) is 22.5 Å². The normalized spacial score (nSPS) is 21.6. The van der Waals surface area contributed by atoms with Crippen LogP contribution in [0.5, 0.6) is 0 Å². The van der Waals surface area contributed by atoms with Crippen molar-refractivity contribution >= 4 is 17.2 Å². The van der Waals surface area contributed by atoms with Gasteiger partial charge in [-0.15, -0.1) is 11.3 Å². The average molecular weight is 378 g/mol. The van der Waals surface area contributed by atoms with Crippen LogP contribution in [0.15, 0.2) is 60.1 Å². The molecule has 138 valence electrons. The fourth-order valence-electron chi connectivity index (χ4n) is 4.29. The van der Waals surface area contributed by atoms with E-state index in [0.717, 1.165) is 25.1 Å². The second-order valence-corrected chi connectivity index (χ2v) is 8.10. The Balaban J connectivity index is 1.44. The van der Waals surface area contributed by atoms with Gasteiger partial charge in [-0.25, -0.2) is 0 Å². The summed E-state index contributed by atoms with van der Waals surface area (Å²) in [5, 5.41) is 2.11. The molecule has 1 aromatic carbocycles. The van der Waals surface area contributed by atoms with E-state index in [9.17, 15) is 4.79 Å². The molecule has 2 atom stereocenters. The molecule has 4 nitrogen and oxygen atoms in total. The van der Waals surface area contributed by atoms with Gasteiger partial charge in [0.05, 0.1) is 19.1 Å². The number of carbonyl (C=O) groups excluding carboxylic acids is 1. The first-order valence-electron chi connectivity index (χ1n) is 9.48. The summed E-state index contributed by atoms with van der Waals surface area (Å²) in [6.45, 7) is 2.27. The maximum absolute atomic E-state index is 13.4. The minimum atomic E-state index is -0.105. The van der Waals surface area contributed by atoms with Crippen molar-refractivity contribution < 1.29 is 9.53 Å². The fourth-order valence-corrected chi connectivity index (χ4v) is 5.29. The predicted octanol–water partition coefficient (Wildman–Crippen LogP) is 4.19. The van der Waals surface area contributed by atoms with Crippen molar-refractivity contribution in [3.8, 4) is 0 Å². The molecule has 3 aromatic rings. The molecule has 4 heterocycles. The first-order chi connectivity index (χ1) is 13.3. The molecule has 5 heteroatoms. The Morgan fingerprint density at radius 2 is 2.00 bits per heavy atom. The molecule has 0 fully saturated rings. The molecule has 0 saturated heterocycles. The Labute approximate surface area is 163 Å². The molecule has 2 unspecified atom stereocenters. The molecule has 2 aliphatic rings.